The summed E-state index contributed by atoms with van der Waals surface area (Å²) in [5.74, 6) is 0. The van der Waals surface area contributed by atoms with Crippen LogP contribution in [0.15, 0.2) is 0 Å². The second-order valence-electron chi connectivity index (χ2n) is 6.40. The predicted molar refractivity (Wildman–Crippen MR) is 72.7 cm³/mol. The van der Waals surface area contributed by atoms with E-state index < -0.39 is 5.60 Å². The minimum absolute atomic E-state index is 0.425. The molecule has 3 saturated heterocycles. The van der Waals surface area contributed by atoms with Crippen molar-refractivity contribution in [2.45, 2.75) is 43.7 Å². The van der Waals surface area contributed by atoms with Crippen molar-refractivity contribution in [2.24, 2.45) is 0 Å². The summed E-state index contributed by atoms with van der Waals surface area (Å²) in [5, 5.41) is 13.9. The third kappa shape index (κ3) is 2.87. The normalized spacial score (nSPS) is 34.2. The molecule has 3 fully saturated rings. The van der Waals surface area contributed by atoms with E-state index in [0.717, 1.165) is 38.5 Å². The fraction of sp³-hybridized carbons (Fsp3) is 1.00. The molecule has 3 rings (SSSR count). The van der Waals surface area contributed by atoms with Gasteiger partial charge in [-0.05, 0) is 64.8 Å². The second-order valence-corrected chi connectivity index (χ2v) is 6.40. The smallest absolute Gasteiger partial charge is 0.0798 e. The highest BCUT2D eigenvalue weighted by Gasteiger charge is 2.35. The second kappa shape index (κ2) is 5.45. The van der Waals surface area contributed by atoms with Crippen LogP contribution < -0.4 is 5.32 Å². The van der Waals surface area contributed by atoms with E-state index >= 15 is 0 Å². The van der Waals surface area contributed by atoms with E-state index in [0.29, 0.717) is 0 Å². The molecule has 104 valence electrons. The number of aliphatic hydroxyl groups is 1. The van der Waals surface area contributed by atoms with Gasteiger partial charge in [0, 0.05) is 19.1 Å². The fourth-order valence-corrected chi connectivity index (χ4v) is 3.83. The lowest BCUT2D eigenvalue weighted by atomic mass is 9.92. The van der Waals surface area contributed by atoms with E-state index in [-0.39, 0.29) is 0 Å². The van der Waals surface area contributed by atoms with Crippen molar-refractivity contribution in [1.82, 2.24) is 15.1 Å². The van der Waals surface area contributed by atoms with Gasteiger partial charge in [-0.25, -0.2) is 0 Å². The van der Waals surface area contributed by atoms with Crippen LogP contribution in [0.25, 0.3) is 0 Å². The summed E-state index contributed by atoms with van der Waals surface area (Å²) in [5.41, 5.74) is -0.425. The molecule has 0 radical (unpaired) electrons. The molecule has 0 saturated carbocycles. The summed E-state index contributed by atoms with van der Waals surface area (Å²) < 4.78 is 0. The van der Waals surface area contributed by atoms with Crippen LogP contribution in [-0.4, -0.2) is 72.4 Å². The molecule has 4 nitrogen and oxygen atoms in total. The zero-order valence-electron chi connectivity index (χ0n) is 11.4. The van der Waals surface area contributed by atoms with Gasteiger partial charge in [-0.1, -0.05) is 0 Å². The van der Waals surface area contributed by atoms with Crippen molar-refractivity contribution in [3.8, 4) is 0 Å². The quantitative estimate of drug-likeness (QED) is 0.757. The first-order valence-corrected chi connectivity index (χ1v) is 7.65. The zero-order chi connectivity index (χ0) is 12.4. The molecule has 0 amide bonds. The molecule has 0 bridgehead atoms. The molecule has 3 heterocycles. The lowest BCUT2D eigenvalue weighted by Crippen LogP contribution is -2.49. The highest BCUT2D eigenvalue weighted by molar-refractivity contribution is 4.92. The Morgan fingerprint density at radius 3 is 2.56 bits per heavy atom. The lowest BCUT2D eigenvalue weighted by Gasteiger charge is -2.36. The van der Waals surface area contributed by atoms with Crippen molar-refractivity contribution < 1.29 is 5.11 Å². The van der Waals surface area contributed by atoms with Crippen LogP contribution in [0.1, 0.15) is 32.1 Å². The largest absolute Gasteiger partial charge is 0.388 e. The van der Waals surface area contributed by atoms with Crippen molar-refractivity contribution in [3.05, 3.63) is 0 Å². The number of rotatable bonds is 3. The molecule has 3 aliphatic rings. The van der Waals surface area contributed by atoms with Crippen LogP contribution in [0, 0.1) is 0 Å². The summed E-state index contributed by atoms with van der Waals surface area (Å²) in [6.45, 7) is 7.78. The topological polar surface area (TPSA) is 38.7 Å². The molecule has 0 spiro atoms. The van der Waals surface area contributed by atoms with Crippen LogP contribution in [0.2, 0.25) is 0 Å². The van der Waals surface area contributed by atoms with Crippen LogP contribution in [-0.2, 0) is 0 Å². The fourth-order valence-electron chi connectivity index (χ4n) is 3.83. The molecular formula is C14H27N3O. The minimum Gasteiger partial charge on any atom is -0.388 e. The molecule has 0 aromatic rings. The van der Waals surface area contributed by atoms with Gasteiger partial charge in [-0.15, -0.1) is 0 Å². The Kier molecular flexibility index (Phi) is 3.89. The van der Waals surface area contributed by atoms with Crippen LogP contribution >= 0.6 is 0 Å². The Balaban J connectivity index is 1.49. The maximum Gasteiger partial charge on any atom is 0.0798 e. The van der Waals surface area contributed by atoms with E-state index in [2.05, 4.69) is 15.1 Å². The molecular weight excluding hydrogens is 226 g/mol. The van der Waals surface area contributed by atoms with Gasteiger partial charge in [-0.2, -0.15) is 0 Å². The van der Waals surface area contributed by atoms with Gasteiger partial charge in [0.15, 0.2) is 0 Å². The number of nitrogens with zero attached hydrogens (tertiary/aromatic N) is 2. The highest BCUT2D eigenvalue weighted by Crippen LogP contribution is 2.25. The Hall–Kier alpha value is -0.160. The van der Waals surface area contributed by atoms with E-state index in [4.69, 9.17) is 0 Å². The number of β-amino-alcohol motifs (C(OH)–C–C–N with tert-alkyl or cyclic N) is 1. The third-order valence-corrected chi connectivity index (χ3v) is 4.96. The van der Waals surface area contributed by atoms with E-state index in [1.165, 1.54) is 45.4 Å². The van der Waals surface area contributed by atoms with Gasteiger partial charge >= 0.3 is 0 Å². The molecule has 1 unspecified atom stereocenters. The summed E-state index contributed by atoms with van der Waals surface area (Å²) in [6.07, 6.45) is 5.89. The molecule has 0 aliphatic carbocycles. The molecule has 1 atom stereocenters. The summed E-state index contributed by atoms with van der Waals surface area (Å²) >= 11 is 0. The van der Waals surface area contributed by atoms with Gasteiger partial charge in [-0.3, -0.25) is 9.80 Å². The van der Waals surface area contributed by atoms with Gasteiger partial charge in [0.05, 0.1) is 5.60 Å². The van der Waals surface area contributed by atoms with Crippen molar-refractivity contribution >= 4 is 0 Å². The van der Waals surface area contributed by atoms with Gasteiger partial charge in [0.1, 0.15) is 0 Å². The van der Waals surface area contributed by atoms with Crippen molar-refractivity contribution in [1.29, 1.82) is 0 Å². The summed E-state index contributed by atoms with van der Waals surface area (Å²) in [7, 11) is 0. The number of hydrogen-bond acceptors (Lipinski definition) is 4. The van der Waals surface area contributed by atoms with E-state index in [1.807, 2.05) is 0 Å². The molecule has 0 aromatic heterocycles. The molecule has 18 heavy (non-hydrogen) atoms. The molecule has 2 N–H and O–H groups in total. The van der Waals surface area contributed by atoms with Crippen LogP contribution in [0.4, 0.5) is 0 Å². The van der Waals surface area contributed by atoms with Gasteiger partial charge in [0.25, 0.3) is 0 Å². The Bertz CT molecular complexity index is 272. The average Bonchev–Trinajstić information content (AvgIpc) is 2.99. The van der Waals surface area contributed by atoms with Crippen LogP contribution in [0.5, 0.6) is 0 Å². The lowest BCUT2D eigenvalue weighted by molar-refractivity contribution is -0.0170. The maximum atomic E-state index is 10.6. The first-order chi connectivity index (χ1) is 8.75. The Morgan fingerprint density at radius 2 is 1.83 bits per heavy atom. The van der Waals surface area contributed by atoms with Crippen LogP contribution in [0.3, 0.4) is 0 Å². The first-order valence-electron chi connectivity index (χ1n) is 7.65. The Morgan fingerprint density at radius 1 is 1.11 bits per heavy atom. The van der Waals surface area contributed by atoms with Gasteiger partial charge < -0.3 is 10.4 Å². The molecule has 3 aliphatic heterocycles. The van der Waals surface area contributed by atoms with E-state index in [1.54, 1.807) is 0 Å². The number of nitrogens with one attached hydrogen (secondary N) is 1. The molecule has 0 aromatic carbocycles. The standard InChI is InChI=1S/C14H27N3O/c18-14(4-6-15-7-5-14)12-16-10-3-13(11-16)17-8-1-2-9-17/h13,15,18H,1-12H2. The number of hydrogen-bond donors (Lipinski definition) is 2. The number of piperidine rings is 1. The number of likely N-dealkylation sites (tertiary alicyclic amines) is 2. The predicted octanol–water partition coefficient (Wildman–Crippen LogP) is 0.271. The SMILES string of the molecule is OC1(CN2CCC(N3CCCC3)C2)CCNCC1. The highest BCUT2D eigenvalue weighted by atomic mass is 16.3. The Labute approximate surface area is 110 Å². The summed E-state index contributed by atoms with van der Waals surface area (Å²) in [4.78, 5) is 5.15. The zero-order valence-corrected chi connectivity index (χ0v) is 11.4. The summed E-state index contributed by atoms with van der Waals surface area (Å²) in [6, 6.07) is 0.762. The third-order valence-electron chi connectivity index (χ3n) is 4.96. The monoisotopic (exact) mass is 253 g/mol. The van der Waals surface area contributed by atoms with Crippen molar-refractivity contribution in [3.63, 3.8) is 0 Å². The van der Waals surface area contributed by atoms with Crippen molar-refractivity contribution in [2.75, 3.05) is 45.8 Å². The first kappa shape index (κ1) is 12.9. The van der Waals surface area contributed by atoms with E-state index in [9.17, 15) is 5.11 Å². The average molecular weight is 253 g/mol. The van der Waals surface area contributed by atoms with Gasteiger partial charge in [0.2, 0.25) is 0 Å². The molecule has 4 heteroatoms. The maximum absolute atomic E-state index is 10.6. The minimum atomic E-state index is -0.425.